The summed E-state index contributed by atoms with van der Waals surface area (Å²) in [5.41, 5.74) is 1.86. The quantitative estimate of drug-likeness (QED) is 0.568. The van der Waals surface area contributed by atoms with Gasteiger partial charge in [-0.1, -0.05) is 13.0 Å². The number of carbonyl (C=O) groups is 1. The summed E-state index contributed by atoms with van der Waals surface area (Å²) < 4.78 is 26.5. The van der Waals surface area contributed by atoms with Crippen molar-refractivity contribution in [1.29, 1.82) is 0 Å². The van der Waals surface area contributed by atoms with E-state index >= 15 is 0 Å². The van der Waals surface area contributed by atoms with Crippen LogP contribution in [0.4, 0.5) is 8.78 Å². The summed E-state index contributed by atoms with van der Waals surface area (Å²) in [5, 5.41) is 11.2. The predicted molar refractivity (Wildman–Crippen MR) is 83.5 cm³/mol. The van der Waals surface area contributed by atoms with Gasteiger partial charge < -0.3 is 4.98 Å². The second-order valence-corrected chi connectivity index (χ2v) is 5.38. The van der Waals surface area contributed by atoms with Gasteiger partial charge in [0, 0.05) is 23.2 Å². The van der Waals surface area contributed by atoms with Crippen molar-refractivity contribution < 1.29 is 18.8 Å². The number of hydrogen-bond acceptors (Lipinski definition) is 3. The molecule has 0 unspecified atom stereocenters. The molecule has 5 nitrogen and oxygen atoms in total. The number of hydroxylamine groups is 2. The van der Waals surface area contributed by atoms with Crippen molar-refractivity contribution in [3.05, 3.63) is 65.1 Å². The third kappa shape index (κ3) is 2.98. The Balaban J connectivity index is 1.85. The van der Waals surface area contributed by atoms with Gasteiger partial charge in [0.05, 0.1) is 18.3 Å². The van der Waals surface area contributed by atoms with Crippen LogP contribution in [0.5, 0.6) is 0 Å². The number of carbonyl (C=O) groups excluding carboxylic acids is 1. The van der Waals surface area contributed by atoms with Crippen molar-refractivity contribution in [3.8, 4) is 0 Å². The molecule has 0 saturated carbocycles. The zero-order valence-electron chi connectivity index (χ0n) is 12.9. The number of halogens is 2. The summed E-state index contributed by atoms with van der Waals surface area (Å²) >= 11 is 0. The molecular weight excluding hydrogens is 316 g/mol. The first-order valence-corrected chi connectivity index (χ1v) is 7.40. The first-order valence-electron chi connectivity index (χ1n) is 7.40. The van der Waals surface area contributed by atoms with E-state index in [0.29, 0.717) is 11.1 Å². The first kappa shape index (κ1) is 16.1. The van der Waals surface area contributed by atoms with E-state index in [4.69, 9.17) is 0 Å². The van der Waals surface area contributed by atoms with Gasteiger partial charge in [0.2, 0.25) is 0 Å². The van der Waals surface area contributed by atoms with Crippen LogP contribution < -0.4 is 0 Å². The Morgan fingerprint density at radius 1 is 1.29 bits per heavy atom. The average Bonchev–Trinajstić information content (AvgIpc) is 2.98. The maximum atomic E-state index is 13.6. The number of aryl methyl sites for hydroxylation is 1. The van der Waals surface area contributed by atoms with Crippen LogP contribution in [0.3, 0.4) is 0 Å². The topological polar surface area (TPSA) is 69.2 Å². The lowest BCUT2D eigenvalue weighted by molar-refractivity contribution is -0.0657. The average molecular weight is 331 g/mol. The highest BCUT2D eigenvalue weighted by Crippen LogP contribution is 2.20. The molecule has 2 aromatic heterocycles. The molecule has 0 aliphatic rings. The second-order valence-electron chi connectivity index (χ2n) is 5.38. The number of amides is 1. The van der Waals surface area contributed by atoms with Crippen molar-refractivity contribution in [2.45, 2.75) is 19.9 Å². The van der Waals surface area contributed by atoms with Crippen LogP contribution in [0.15, 0.2) is 36.7 Å². The van der Waals surface area contributed by atoms with Gasteiger partial charge in [-0.2, -0.15) is 0 Å². The number of benzene rings is 1. The monoisotopic (exact) mass is 331 g/mol. The molecule has 2 N–H and O–H groups in total. The van der Waals surface area contributed by atoms with Crippen molar-refractivity contribution in [2.24, 2.45) is 0 Å². The van der Waals surface area contributed by atoms with Gasteiger partial charge in [-0.05, 0) is 24.1 Å². The predicted octanol–water partition coefficient (Wildman–Crippen LogP) is 3.44. The molecule has 1 amide bonds. The number of aromatic nitrogens is 2. The Bertz CT molecular complexity index is 908. The first-order chi connectivity index (χ1) is 11.5. The van der Waals surface area contributed by atoms with E-state index < -0.39 is 24.1 Å². The lowest BCUT2D eigenvalue weighted by Gasteiger charge is -2.15. The number of pyridine rings is 1. The molecule has 0 saturated heterocycles. The summed E-state index contributed by atoms with van der Waals surface area (Å²) in [5.74, 6) is -2.31. The standard InChI is InChI=1S/C17H15F2N3O2/c1-2-10-7-20-16-8-21-15(6-13(10)16)17(23)22(24)9-11-3-4-12(18)5-14(11)19/h3-8,20,24H,2,9H2,1H3. The van der Waals surface area contributed by atoms with E-state index in [1.54, 1.807) is 6.07 Å². The van der Waals surface area contributed by atoms with Crippen molar-refractivity contribution >= 4 is 16.8 Å². The second kappa shape index (κ2) is 6.37. The number of aromatic amines is 1. The van der Waals surface area contributed by atoms with E-state index in [1.807, 2.05) is 13.1 Å². The van der Waals surface area contributed by atoms with Gasteiger partial charge >= 0.3 is 0 Å². The molecular formula is C17H15F2N3O2. The number of hydrogen-bond donors (Lipinski definition) is 2. The van der Waals surface area contributed by atoms with Crippen LogP contribution in [0.1, 0.15) is 28.5 Å². The maximum Gasteiger partial charge on any atom is 0.296 e. The Kier molecular flexibility index (Phi) is 4.26. The molecule has 0 aliphatic heterocycles. The molecule has 3 rings (SSSR count). The molecule has 24 heavy (non-hydrogen) atoms. The summed E-state index contributed by atoms with van der Waals surface area (Å²) in [6, 6.07) is 4.52. The number of fused-ring (bicyclic) bond motifs is 1. The summed E-state index contributed by atoms with van der Waals surface area (Å²) in [6.07, 6.45) is 4.13. The lowest BCUT2D eigenvalue weighted by atomic mass is 10.1. The molecule has 0 fully saturated rings. The van der Waals surface area contributed by atoms with Crippen molar-refractivity contribution in [1.82, 2.24) is 15.0 Å². The van der Waals surface area contributed by atoms with E-state index in [2.05, 4.69) is 9.97 Å². The van der Waals surface area contributed by atoms with Gasteiger partial charge in [-0.15, -0.1) is 0 Å². The molecule has 7 heteroatoms. The van der Waals surface area contributed by atoms with E-state index in [9.17, 15) is 18.8 Å². The molecule has 124 valence electrons. The molecule has 3 aromatic rings. The molecule has 0 atom stereocenters. The molecule has 0 aliphatic carbocycles. The fourth-order valence-corrected chi connectivity index (χ4v) is 2.50. The van der Waals surface area contributed by atoms with Gasteiger partial charge in [-0.25, -0.2) is 18.8 Å². The molecule has 0 radical (unpaired) electrons. The number of nitrogens with zero attached hydrogens (tertiary/aromatic N) is 2. The van der Waals surface area contributed by atoms with Gasteiger partial charge in [-0.3, -0.25) is 10.0 Å². The van der Waals surface area contributed by atoms with E-state index in [1.165, 1.54) is 12.3 Å². The minimum Gasteiger partial charge on any atom is -0.360 e. The highest BCUT2D eigenvalue weighted by molar-refractivity contribution is 5.96. The van der Waals surface area contributed by atoms with Crippen LogP contribution in [-0.2, 0) is 13.0 Å². The smallest absolute Gasteiger partial charge is 0.296 e. The van der Waals surface area contributed by atoms with Crippen LogP contribution >= 0.6 is 0 Å². The molecule has 2 heterocycles. The van der Waals surface area contributed by atoms with Crippen LogP contribution in [0, 0.1) is 11.6 Å². The zero-order valence-corrected chi connectivity index (χ0v) is 12.9. The van der Waals surface area contributed by atoms with Gasteiger partial charge in [0.25, 0.3) is 5.91 Å². The Morgan fingerprint density at radius 2 is 2.08 bits per heavy atom. The van der Waals surface area contributed by atoms with Crippen molar-refractivity contribution in [2.75, 3.05) is 0 Å². The maximum absolute atomic E-state index is 13.6. The third-order valence-corrected chi connectivity index (χ3v) is 3.82. The summed E-state index contributed by atoms with van der Waals surface area (Å²) in [4.78, 5) is 19.4. The lowest BCUT2D eigenvalue weighted by Crippen LogP contribution is -2.28. The van der Waals surface area contributed by atoms with Crippen LogP contribution in [0.25, 0.3) is 10.9 Å². The van der Waals surface area contributed by atoms with E-state index in [0.717, 1.165) is 29.0 Å². The van der Waals surface area contributed by atoms with Gasteiger partial charge in [0.1, 0.15) is 17.3 Å². The van der Waals surface area contributed by atoms with Crippen molar-refractivity contribution in [3.63, 3.8) is 0 Å². The minimum atomic E-state index is -0.829. The Hall–Kier alpha value is -2.80. The molecule has 0 spiro atoms. The largest absolute Gasteiger partial charge is 0.360 e. The summed E-state index contributed by atoms with van der Waals surface area (Å²) in [7, 11) is 0. The molecule has 0 bridgehead atoms. The fraction of sp³-hybridized carbons (Fsp3) is 0.176. The highest BCUT2D eigenvalue weighted by Gasteiger charge is 2.18. The highest BCUT2D eigenvalue weighted by atomic mass is 19.1. The van der Waals surface area contributed by atoms with Gasteiger partial charge in [0.15, 0.2) is 0 Å². The van der Waals surface area contributed by atoms with E-state index in [-0.39, 0.29) is 11.3 Å². The molecule has 1 aromatic carbocycles. The zero-order chi connectivity index (χ0) is 17.3. The van der Waals surface area contributed by atoms with Crippen LogP contribution in [0.2, 0.25) is 0 Å². The van der Waals surface area contributed by atoms with Crippen LogP contribution in [-0.4, -0.2) is 26.1 Å². The normalized spacial score (nSPS) is 11.0. The number of rotatable bonds is 4. The Labute approximate surface area is 136 Å². The number of H-pyrrole nitrogens is 1. The SMILES string of the molecule is CCc1c[nH]c2cnc(C(=O)N(O)Cc3ccc(F)cc3F)cc12. The Morgan fingerprint density at radius 3 is 2.79 bits per heavy atom. The number of nitrogens with one attached hydrogen (secondary N) is 1. The minimum absolute atomic E-state index is 0.00391. The third-order valence-electron chi connectivity index (χ3n) is 3.82. The summed E-state index contributed by atoms with van der Waals surface area (Å²) in [6.45, 7) is 1.58. The fourth-order valence-electron chi connectivity index (χ4n) is 2.50.